The van der Waals surface area contributed by atoms with Crippen molar-refractivity contribution in [3.05, 3.63) is 47.5 Å². The molecule has 6 heteroatoms. The molecule has 2 heterocycles. The number of carbonyl (C=O) groups excluding carboxylic acids is 1. The maximum atomic E-state index is 12.7. The van der Waals surface area contributed by atoms with Crippen LogP contribution in [0.25, 0.3) is 0 Å². The number of anilines is 2. The highest BCUT2D eigenvalue weighted by atomic mass is 16.5. The molecule has 3 atom stereocenters. The molecule has 0 bridgehead atoms. The van der Waals surface area contributed by atoms with E-state index in [9.17, 15) is 4.79 Å². The van der Waals surface area contributed by atoms with Gasteiger partial charge in [0.2, 0.25) is 0 Å². The van der Waals surface area contributed by atoms with Gasteiger partial charge in [0.15, 0.2) is 11.5 Å². The lowest BCUT2D eigenvalue weighted by atomic mass is 9.80. The van der Waals surface area contributed by atoms with Crippen molar-refractivity contribution in [3.8, 4) is 11.5 Å². The van der Waals surface area contributed by atoms with Crippen LogP contribution in [0.1, 0.15) is 30.0 Å². The fourth-order valence-electron chi connectivity index (χ4n) is 3.97. The van der Waals surface area contributed by atoms with Gasteiger partial charge in [0, 0.05) is 28.9 Å². The van der Waals surface area contributed by atoms with Gasteiger partial charge >= 0.3 is 5.97 Å². The molecule has 26 heavy (non-hydrogen) atoms. The number of rotatable bonds is 4. The van der Waals surface area contributed by atoms with Gasteiger partial charge in [-0.25, -0.2) is 4.79 Å². The van der Waals surface area contributed by atoms with Crippen molar-refractivity contribution in [1.29, 1.82) is 0 Å². The Morgan fingerprint density at radius 3 is 2.46 bits per heavy atom. The van der Waals surface area contributed by atoms with Gasteiger partial charge in [-0.1, -0.05) is 18.2 Å². The van der Waals surface area contributed by atoms with E-state index in [1.54, 1.807) is 14.2 Å². The summed E-state index contributed by atoms with van der Waals surface area (Å²) in [6, 6.07) is 11.4. The Morgan fingerprint density at radius 1 is 1.00 bits per heavy atom. The number of benzene rings is 2. The van der Waals surface area contributed by atoms with Gasteiger partial charge in [0.05, 0.1) is 26.9 Å². The molecule has 0 saturated carbocycles. The highest BCUT2D eigenvalue weighted by Crippen LogP contribution is 2.53. The van der Waals surface area contributed by atoms with Gasteiger partial charge in [0.25, 0.3) is 0 Å². The van der Waals surface area contributed by atoms with E-state index in [0.717, 1.165) is 22.5 Å². The molecule has 0 spiro atoms. The van der Waals surface area contributed by atoms with Crippen molar-refractivity contribution in [3.63, 3.8) is 0 Å². The van der Waals surface area contributed by atoms with Gasteiger partial charge in [-0.05, 0) is 24.6 Å². The lowest BCUT2D eigenvalue weighted by Gasteiger charge is -2.36. The zero-order valence-corrected chi connectivity index (χ0v) is 15.0. The fourth-order valence-corrected chi connectivity index (χ4v) is 3.97. The molecule has 2 aliphatic rings. The molecule has 2 aliphatic heterocycles. The Hall–Kier alpha value is -2.89. The number of methoxy groups -OCH3 is 2. The lowest BCUT2D eigenvalue weighted by molar-refractivity contribution is -0.144. The minimum Gasteiger partial charge on any atom is -0.493 e. The molecular formula is C20H22N2O4. The van der Waals surface area contributed by atoms with Crippen LogP contribution in [-0.4, -0.2) is 32.8 Å². The average Bonchev–Trinajstić information content (AvgIpc) is 3.06. The highest BCUT2D eigenvalue weighted by Gasteiger charge is 2.46. The fraction of sp³-hybridized carbons (Fsp3) is 0.350. The standard InChI is InChI=1S/C20H22N2O4/c1-4-26-20(23)19-17-11-7-5-6-8-13(11)21-18(17)12-9-15(24-2)16(25-3)10-14(12)22-19/h5-10,17-19,21-22H,4H2,1-3H3/t17-,18-,19+/m0/s1. The van der Waals surface area contributed by atoms with Crippen LogP contribution in [0, 0.1) is 0 Å². The van der Waals surface area contributed by atoms with Crippen molar-refractivity contribution >= 4 is 17.3 Å². The number of para-hydroxylation sites is 1. The summed E-state index contributed by atoms with van der Waals surface area (Å²) in [5.74, 6) is 0.978. The molecule has 2 aromatic carbocycles. The van der Waals surface area contributed by atoms with Gasteiger partial charge in [-0.3, -0.25) is 0 Å². The average molecular weight is 354 g/mol. The summed E-state index contributed by atoms with van der Waals surface area (Å²) < 4.78 is 16.2. The highest BCUT2D eigenvalue weighted by molar-refractivity contribution is 5.86. The molecule has 0 aliphatic carbocycles. The second-order valence-electron chi connectivity index (χ2n) is 6.40. The molecule has 0 aromatic heterocycles. The first kappa shape index (κ1) is 16.6. The van der Waals surface area contributed by atoms with Crippen LogP contribution in [-0.2, 0) is 9.53 Å². The van der Waals surface area contributed by atoms with Crippen LogP contribution in [0.4, 0.5) is 11.4 Å². The maximum Gasteiger partial charge on any atom is 0.329 e. The first-order valence-corrected chi connectivity index (χ1v) is 8.72. The minimum absolute atomic E-state index is 0.0436. The normalized spacial score (nSPS) is 22.2. The van der Waals surface area contributed by atoms with E-state index >= 15 is 0 Å². The monoisotopic (exact) mass is 354 g/mol. The van der Waals surface area contributed by atoms with Gasteiger partial charge in [-0.2, -0.15) is 0 Å². The van der Waals surface area contributed by atoms with E-state index in [2.05, 4.69) is 16.7 Å². The summed E-state index contributed by atoms with van der Waals surface area (Å²) in [5.41, 5.74) is 4.05. The predicted molar refractivity (Wildman–Crippen MR) is 99.1 cm³/mol. The lowest BCUT2D eigenvalue weighted by Crippen LogP contribution is -2.42. The molecule has 0 radical (unpaired) electrons. The first-order valence-electron chi connectivity index (χ1n) is 8.72. The third-order valence-corrected chi connectivity index (χ3v) is 5.09. The molecule has 0 fully saturated rings. The predicted octanol–water partition coefficient (Wildman–Crippen LogP) is 3.31. The summed E-state index contributed by atoms with van der Waals surface area (Å²) in [4.78, 5) is 12.7. The minimum atomic E-state index is -0.471. The molecule has 6 nitrogen and oxygen atoms in total. The van der Waals surface area contributed by atoms with Crippen molar-refractivity contribution in [2.75, 3.05) is 31.5 Å². The Balaban J connectivity index is 1.85. The van der Waals surface area contributed by atoms with Crippen molar-refractivity contribution in [2.24, 2.45) is 0 Å². The topological polar surface area (TPSA) is 68.8 Å². The molecule has 2 aromatic rings. The van der Waals surface area contributed by atoms with E-state index in [-0.39, 0.29) is 17.9 Å². The van der Waals surface area contributed by atoms with Crippen LogP contribution >= 0.6 is 0 Å². The number of esters is 1. The number of nitrogens with one attached hydrogen (secondary N) is 2. The van der Waals surface area contributed by atoms with Gasteiger partial charge in [-0.15, -0.1) is 0 Å². The second kappa shape index (κ2) is 6.44. The van der Waals surface area contributed by atoms with Crippen LogP contribution in [0.15, 0.2) is 36.4 Å². The molecule has 136 valence electrons. The Bertz CT molecular complexity index is 852. The molecule has 0 saturated heterocycles. The SMILES string of the molecule is CCOC(=O)[C@@H]1Nc2cc(OC)c(OC)cc2[C@@H]2Nc3ccccc3[C@H]12. The molecule has 2 N–H and O–H groups in total. The van der Waals surface area contributed by atoms with E-state index in [1.807, 2.05) is 37.3 Å². The van der Waals surface area contributed by atoms with E-state index in [4.69, 9.17) is 14.2 Å². The third-order valence-electron chi connectivity index (χ3n) is 5.09. The van der Waals surface area contributed by atoms with Crippen LogP contribution in [0.5, 0.6) is 11.5 Å². The Morgan fingerprint density at radius 2 is 1.73 bits per heavy atom. The first-order chi connectivity index (χ1) is 12.7. The van der Waals surface area contributed by atoms with E-state index in [1.165, 1.54) is 0 Å². The van der Waals surface area contributed by atoms with E-state index in [0.29, 0.717) is 18.1 Å². The molecule has 0 amide bonds. The zero-order chi connectivity index (χ0) is 18.3. The summed E-state index contributed by atoms with van der Waals surface area (Å²) in [7, 11) is 3.22. The summed E-state index contributed by atoms with van der Waals surface area (Å²) in [6.45, 7) is 2.17. The summed E-state index contributed by atoms with van der Waals surface area (Å²) in [6.07, 6.45) is 0. The number of hydrogen-bond acceptors (Lipinski definition) is 6. The Kier molecular flexibility index (Phi) is 4.11. The quantitative estimate of drug-likeness (QED) is 0.821. The van der Waals surface area contributed by atoms with Crippen LogP contribution in [0.3, 0.4) is 0 Å². The zero-order valence-electron chi connectivity index (χ0n) is 15.0. The van der Waals surface area contributed by atoms with Crippen LogP contribution in [0.2, 0.25) is 0 Å². The van der Waals surface area contributed by atoms with Crippen molar-refractivity contribution in [1.82, 2.24) is 0 Å². The number of fused-ring (bicyclic) bond motifs is 5. The number of carbonyl (C=O) groups is 1. The van der Waals surface area contributed by atoms with Crippen LogP contribution < -0.4 is 20.1 Å². The smallest absolute Gasteiger partial charge is 0.329 e. The summed E-state index contributed by atoms with van der Waals surface area (Å²) >= 11 is 0. The molecular weight excluding hydrogens is 332 g/mol. The number of hydrogen-bond donors (Lipinski definition) is 2. The maximum absolute atomic E-state index is 12.7. The van der Waals surface area contributed by atoms with Crippen molar-refractivity contribution in [2.45, 2.75) is 24.9 Å². The third kappa shape index (κ3) is 2.44. The summed E-state index contributed by atoms with van der Waals surface area (Å²) in [5, 5.41) is 6.93. The second-order valence-corrected chi connectivity index (χ2v) is 6.40. The largest absolute Gasteiger partial charge is 0.493 e. The van der Waals surface area contributed by atoms with Gasteiger partial charge < -0.3 is 24.8 Å². The van der Waals surface area contributed by atoms with Crippen molar-refractivity contribution < 1.29 is 19.0 Å². The molecule has 0 unspecified atom stereocenters. The van der Waals surface area contributed by atoms with Gasteiger partial charge in [0.1, 0.15) is 6.04 Å². The number of ether oxygens (including phenoxy) is 3. The Labute approximate surface area is 152 Å². The van der Waals surface area contributed by atoms with E-state index < -0.39 is 6.04 Å². The molecule has 4 rings (SSSR count).